The Balaban J connectivity index is 0.000000260. The molecular formula is C22H36N2O3. The number of aliphatic hydroxyl groups is 2. The average Bonchev–Trinajstić information content (AvgIpc) is 2.71. The molecule has 1 aromatic rings. The molecular weight excluding hydrogens is 340 g/mol. The van der Waals surface area contributed by atoms with E-state index in [-0.39, 0.29) is 13.2 Å². The minimum atomic E-state index is 0.139. The smallest absolute Gasteiger partial charge is 0.119 e. The Morgan fingerprint density at radius 3 is 2.67 bits per heavy atom. The van der Waals surface area contributed by atoms with E-state index in [1.807, 2.05) is 0 Å². The molecule has 3 N–H and O–H groups in total. The van der Waals surface area contributed by atoms with Crippen molar-refractivity contribution in [2.45, 2.75) is 50.0 Å². The van der Waals surface area contributed by atoms with Crippen LogP contribution in [0.15, 0.2) is 18.2 Å². The molecule has 1 aliphatic heterocycles. The van der Waals surface area contributed by atoms with Crippen LogP contribution >= 0.6 is 0 Å². The van der Waals surface area contributed by atoms with E-state index >= 15 is 0 Å². The molecule has 2 fully saturated rings. The number of benzene rings is 1. The van der Waals surface area contributed by atoms with Crippen LogP contribution in [0.25, 0.3) is 0 Å². The van der Waals surface area contributed by atoms with Gasteiger partial charge in [0.15, 0.2) is 0 Å². The van der Waals surface area contributed by atoms with Gasteiger partial charge in [0.2, 0.25) is 0 Å². The molecule has 0 unspecified atom stereocenters. The summed E-state index contributed by atoms with van der Waals surface area (Å²) in [5, 5.41) is 19.1. The molecule has 0 spiro atoms. The van der Waals surface area contributed by atoms with Crippen molar-refractivity contribution in [1.29, 1.82) is 0 Å². The molecule has 152 valence electrons. The van der Waals surface area contributed by atoms with Gasteiger partial charge in [-0.25, -0.2) is 0 Å². The number of hydrogen-bond donors (Lipinski definition) is 3. The summed E-state index contributed by atoms with van der Waals surface area (Å²) >= 11 is 0. The molecule has 0 amide bonds. The van der Waals surface area contributed by atoms with E-state index in [9.17, 15) is 0 Å². The third kappa shape index (κ3) is 4.16. The summed E-state index contributed by atoms with van der Waals surface area (Å²) in [6.45, 7) is 2.68. The summed E-state index contributed by atoms with van der Waals surface area (Å²) in [4.78, 5) is 2.63. The lowest BCUT2D eigenvalue weighted by Crippen LogP contribution is -2.59. The molecule has 4 rings (SSSR count). The summed E-state index contributed by atoms with van der Waals surface area (Å²) in [5.41, 5.74) is 3.67. The second-order valence-corrected chi connectivity index (χ2v) is 8.23. The third-order valence-corrected chi connectivity index (χ3v) is 6.90. The Labute approximate surface area is 163 Å². The summed E-state index contributed by atoms with van der Waals surface area (Å²) in [7, 11) is 4.12. The lowest BCUT2D eigenvalue weighted by molar-refractivity contribution is 0.00274. The lowest BCUT2D eigenvalue weighted by Gasteiger charge is -2.58. The fourth-order valence-electron chi connectivity index (χ4n) is 5.59. The largest absolute Gasteiger partial charge is 0.497 e. The van der Waals surface area contributed by atoms with E-state index < -0.39 is 0 Å². The van der Waals surface area contributed by atoms with Crippen LogP contribution < -0.4 is 10.1 Å². The summed E-state index contributed by atoms with van der Waals surface area (Å²) in [6.07, 6.45) is 8.22. The van der Waals surface area contributed by atoms with Crippen LogP contribution in [-0.2, 0) is 11.8 Å². The third-order valence-electron chi connectivity index (χ3n) is 6.90. The highest BCUT2D eigenvalue weighted by Gasteiger charge is 2.53. The van der Waals surface area contributed by atoms with Gasteiger partial charge in [0.25, 0.3) is 0 Å². The van der Waals surface area contributed by atoms with Gasteiger partial charge in [-0.2, -0.15) is 0 Å². The molecule has 1 saturated heterocycles. The van der Waals surface area contributed by atoms with Crippen LogP contribution in [0.3, 0.4) is 0 Å². The predicted octanol–water partition coefficient (Wildman–Crippen LogP) is 1.94. The first-order valence-electron chi connectivity index (χ1n) is 10.5. The molecule has 1 aromatic carbocycles. The summed E-state index contributed by atoms with van der Waals surface area (Å²) < 4.78 is 5.51. The monoisotopic (exact) mass is 376 g/mol. The van der Waals surface area contributed by atoms with Gasteiger partial charge < -0.3 is 25.2 Å². The average molecular weight is 377 g/mol. The van der Waals surface area contributed by atoms with E-state index in [0.29, 0.717) is 18.5 Å². The Bertz CT molecular complexity index is 605. The van der Waals surface area contributed by atoms with Crippen LogP contribution in [0.4, 0.5) is 0 Å². The minimum Gasteiger partial charge on any atom is -0.497 e. The maximum absolute atomic E-state index is 8.15. The second kappa shape index (κ2) is 9.37. The number of likely N-dealkylation sites (N-methyl/N-ethyl adjacent to an activating group) is 1. The van der Waals surface area contributed by atoms with Crippen molar-refractivity contribution in [2.24, 2.45) is 5.92 Å². The number of hydrogen-bond acceptors (Lipinski definition) is 5. The number of rotatable bonds is 5. The molecule has 1 heterocycles. The first-order chi connectivity index (χ1) is 13.2. The summed E-state index contributed by atoms with van der Waals surface area (Å²) in [5.74, 6) is 1.91. The Hall–Kier alpha value is -1.14. The van der Waals surface area contributed by atoms with Gasteiger partial charge in [-0.3, -0.25) is 0 Å². The topological polar surface area (TPSA) is 65.0 Å². The molecule has 3 aliphatic rings. The maximum Gasteiger partial charge on any atom is 0.119 e. The minimum absolute atomic E-state index is 0.139. The van der Waals surface area contributed by atoms with E-state index in [4.69, 9.17) is 14.9 Å². The summed E-state index contributed by atoms with van der Waals surface area (Å²) in [6, 6.07) is 7.60. The number of piperidine rings is 1. The van der Waals surface area contributed by atoms with Crippen LogP contribution in [0.1, 0.15) is 43.2 Å². The predicted molar refractivity (Wildman–Crippen MR) is 108 cm³/mol. The number of likely N-dealkylation sites (tertiary alicyclic amines) is 1. The molecule has 0 radical (unpaired) electrons. The highest BCUT2D eigenvalue weighted by Crippen LogP contribution is 2.55. The highest BCUT2D eigenvalue weighted by molar-refractivity contribution is 5.45. The number of nitrogens with one attached hydrogen (secondary N) is 1. The van der Waals surface area contributed by atoms with Gasteiger partial charge in [-0.15, -0.1) is 0 Å². The first kappa shape index (κ1) is 20.6. The standard InChI is InChI=1S/C18H25NO.C4H11NO2/c1-19-10-9-18-8-4-3-5-15(18)17(19)11-13-6-7-14(20-2)12-16(13)18;6-3-1-5-2-4-7/h6-7,12,15,17H,3-5,8-11H2,1-2H3;5-7H,1-4H2/t15-,17+,18+;/m1./s1. The first-order valence-corrected chi connectivity index (χ1v) is 10.5. The quantitative estimate of drug-likeness (QED) is 0.686. The van der Waals surface area contributed by atoms with Crippen molar-refractivity contribution < 1.29 is 14.9 Å². The van der Waals surface area contributed by atoms with E-state index in [0.717, 1.165) is 17.7 Å². The van der Waals surface area contributed by atoms with Gasteiger partial charge in [0, 0.05) is 24.5 Å². The van der Waals surface area contributed by atoms with E-state index in [2.05, 4.69) is 35.5 Å². The van der Waals surface area contributed by atoms with Crippen molar-refractivity contribution in [2.75, 3.05) is 47.0 Å². The Morgan fingerprint density at radius 1 is 1.19 bits per heavy atom. The zero-order valence-corrected chi connectivity index (χ0v) is 16.9. The van der Waals surface area contributed by atoms with Crippen molar-refractivity contribution in [3.8, 4) is 5.75 Å². The normalized spacial score (nSPS) is 29.2. The number of aliphatic hydroxyl groups excluding tert-OH is 2. The SMILES string of the molecule is COc1ccc2c(c1)[C@]13CCCC[C@@H]1[C@H](C2)N(C)CC3.OCCNCCO. The molecule has 2 aliphatic carbocycles. The zero-order chi connectivity index (χ0) is 19.3. The highest BCUT2D eigenvalue weighted by atomic mass is 16.5. The molecule has 3 atom stereocenters. The number of fused-ring (bicyclic) bond motifs is 1. The Kier molecular flexibility index (Phi) is 7.15. The van der Waals surface area contributed by atoms with Crippen LogP contribution in [0.5, 0.6) is 5.75 Å². The fraction of sp³-hybridized carbons (Fsp3) is 0.727. The van der Waals surface area contributed by atoms with Gasteiger partial charge in [-0.1, -0.05) is 18.9 Å². The van der Waals surface area contributed by atoms with Gasteiger partial charge in [0.1, 0.15) is 5.75 Å². The van der Waals surface area contributed by atoms with Gasteiger partial charge in [-0.05, 0) is 68.5 Å². The lowest BCUT2D eigenvalue weighted by atomic mass is 9.52. The van der Waals surface area contributed by atoms with Crippen LogP contribution in [0.2, 0.25) is 0 Å². The number of nitrogens with zero attached hydrogens (tertiary/aromatic N) is 1. The van der Waals surface area contributed by atoms with Crippen LogP contribution in [0, 0.1) is 5.92 Å². The van der Waals surface area contributed by atoms with Crippen molar-refractivity contribution in [3.05, 3.63) is 29.3 Å². The van der Waals surface area contributed by atoms with Crippen molar-refractivity contribution in [1.82, 2.24) is 10.2 Å². The molecule has 1 saturated carbocycles. The zero-order valence-electron chi connectivity index (χ0n) is 16.9. The molecule has 0 aromatic heterocycles. The van der Waals surface area contributed by atoms with E-state index in [1.54, 1.807) is 18.2 Å². The molecule has 2 bridgehead atoms. The number of ether oxygens (including phenoxy) is 1. The second-order valence-electron chi connectivity index (χ2n) is 8.23. The maximum atomic E-state index is 8.15. The molecule has 5 nitrogen and oxygen atoms in total. The Morgan fingerprint density at radius 2 is 1.96 bits per heavy atom. The van der Waals surface area contributed by atoms with Crippen molar-refractivity contribution in [3.63, 3.8) is 0 Å². The van der Waals surface area contributed by atoms with Crippen molar-refractivity contribution >= 4 is 0 Å². The number of methoxy groups -OCH3 is 1. The van der Waals surface area contributed by atoms with Gasteiger partial charge in [0.05, 0.1) is 20.3 Å². The van der Waals surface area contributed by atoms with Gasteiger partial charge >= 0.3 is 0 Å². The molecule has 5 heteroatoms. The molecule has 27 heavy (non-hydrogen) atoms. The van der Waals surface area contributed by atoms with E-state index in [1.165, 1.54) is 45.1 Å². The van der Waals surface area contributed by atoms with Crippen LogP contribution in [-0.4, -0.2) is 68.2 Å². The fourth-order valence-corrected chi connectivity index (χ4v) is 5.59.